The second-order valence-corrected chi connectivity index (χ2v) is 5.23. The van der Waals surface area contributed by atoms with E-state index in [4.69, 9.17) is 18.0 Å². The second-order valence-electron chi connectivity index (χ2n) is 4.71. The van der Waals surface area contributed by atoms with E-state index in [0.717, 1.165) is 32.5 Å². The van der Waals surface area contributed by atoms with Gasteiger partial charge in [0.2, 0.25) is 0 Å². The van der Waals surface area contributed by atoms with Gasteiger partial charge in [-0.05, 0) is 19.9 Å². The van der Waals surface area contributed by atoms with Gasteiger partial charge in [0.1, 0.15) is 0 Å². The highest BCUT2D eigenvalue weighted by molar-refractivity contribution is 7.80. The Morgan fingerprint density at radius 3 is 2.56 bits per heavy atom. The molecule has 0 radical (unpaired) electrons. The van der Waals surface area contributed by atoms with Crippen LogP contribution in [0.25, 0.3) is 0 Å². The highest BCUT2D eigenvalue weighted by Crippen LogP contribution is 2.16. The maximum Gasteiger partial charge on any atom is 0.0743 e. The van der Waals surface area contributed by atoms with Crippen LogP contribution >= 0.6 is 12.2 Å². The number of nitrogens with zero attached hydrogens (tertiary/aromatic N) is 2. The zero-order chi connectivity index (χ0) is 12.1. The van der Waals surface area contributed by atoms with Crippen LogP contribution in [0.15, 0.2) is 0 Å². The molecule has 1 heterocycles. The first-order chi connectivity index (χ1) is 7.58. The molecule has 1 rings (SSSR count). The molecule has 0 aromatic carbocycles. The Morgan fingerprint density at radius 2 is 2.12 bits per heavy atom. The van der Waals surface area contributed by atoms with Crippen LogP contribution in [0.1, 0.15) is 33.6 Å². The van der Waals surface area contributed by atoms with Crippen LogP contribution in [0.4, 0.5) is 0 Å². The van der Waals surface area contributed by atoms with Gasteiger partial charge in [0.25, 0.3) is 0 Å². The van der Waals surface area contributed by atoms with E-state index >= 15 is 0 Å². The highest BCUT2D eigenvalue weighted by atomic mass is 32.1. The molecule has 0 amide bonds. The lowest BCUT2D eigenvalue weighted by atomic mass is 10.1. The van der Waals surface area contributed by atoms with E-state index in [1.807, 2.05) is 0 Å². The van der Waals surface area contributed by atoms with Crippen molar-refractivity contribution in [3.63, 3.8) is 0 Å². The molecule has 0 bridgehead atoms. The van der Waals surface area contributed by atoms with Gasteiger partial charge in [-0.1, -0.05) is 26.1 Å². The van der Waals surface area contributed by atoms with Gasteiger partial charge >= 0.3 is 0 Å². The fourth-order valence-corrected chi connectivity index (χ4v) is 2.78. The minimum absolute atomic E-state index is 0.541. The average molecular weight is 243 g/mol. The van der Waals surface area contributed by atoms with E-state index in [-0.39, 0.29) is 0 Å². The van der Waals surface area contributed by atoms with Crippen molar-refractivity contribution < 1.29 is 0 Å². The standard InChI is InChI=1S/C12H25N3S/c1-4-11(8-12(13)16)15-7-6-14(5-2)10(3)9-15/h10-11H,4-9H2,1-3H3,(H2,13,16). The molecule has 1 aliphatic rings. The Bertz CT molecular complexity index is 232. The SMILES string of the molecule is CCC(CC(N)=S)N1CCN(CC)C(C)C1. The van der Waals surface area contributed by atoms with Crippen LogP contribution in [0.3, 0.4) is 0 Å². The molecule has 0 aromatic heterocycles. The summed E-state index contributed by atoms with van der Waals surface area (Å²) in [6, 6.07) is 1.19. The van der Waals surface area contributed by atoms with E-state index < -0.39 is 0 Å². The second kappa shape index (κ2) is 6.52. The molecule has 16 heavy (non-hydrogen) atoms. The minimum atomic E-state index is 0.541. The van der Waals surface area contributed by atoms with Crippen molar-refractivity contribution in [2.75, 3.05) is 26.2 Å². The topological polar surface area (TPSA) is 32.5 Å². The third-order valence-corrected chi connectivity index (χ3v) is 3.79. The van der Waals surface area contributed by atoms with Gasteiger partial charge in [-0.15, -0.1) is 0 Å². The molecular formula is C12H25N3S. The summed E-state index contributed by atoms with van der Waals surface area (Å²) in [6.07, 6.45) is 2.00. The highest BCUT2D eigenvalue weighted by Gasteiger charge is 2.26. The largest absolute Gasteiger partial charge is 0.393 e. The smallest absolute Gasteiger partial charge is 0.0743 e. The van der Waals surface area contributed by atoms with Crippen LogP contribution in [-0.2, 0) is 0 Å². The molecule has 94 valence electrons. The molecule has 0 spiro atoms. The van der Waals surface area contributed by atoms with E-state index in [2.05, 4.69) is 30.6 Å². The Labute approximate surface area is 105 Å². The van der Waals surface area contributed by atoms with E-state index in [1.54, 1.807) is 0 Å². The maximum absolute atomic E-state index is 5.66. The third kappa shape index (κ3) is 3.68. The molecule has 1 aliphatic heterocycles. The van der Waals surface area contributed by atoms with Crippen molar-refractivity contribution >= 4 is 17.2 Å². The van der Waals surface area contributed by atoms with Gasteiger partial charge in [-0.3, -0.25) is 9.80 Å². The van der Waals surface area contributed by atoms with Crippen LogP contribution in [-0.4, -0.2) is 53.1 Å². The van der Waals surface area contributed by atoms with Crippen molar-refractivity contribution in [2.24, 2.45) is 5.73 Å². The predicted octanol–water partition coefficient (Wildman–Crippen LogP) is 1.47. The summed E-state index contributed by atoms with van der Waals surface area (Å²) in [5.74, 6) is 0. The molecule has 0 aliphatic carbocycles. The van der Waals surface area contributed by atoms with Crippen LogP contribution in [0.2, 0.25) is 0 Å². The zero-order valence-electron chi connectivity index (χ0n) is 10.8. The van der Waals surface area contributed by atoms with Crippen LogP contribution in [0, 0.1) is 0 Å². The molecule has 0 saturated carbocycles. The lowest BCUT2D eigenvalue weighted by Crippen LogP contribution is -2.55. The maximum atomic E-state index is 5.66. The lowest BCUT2D eigenvalue weighted by Gasteiger charge is -2.42. The van der Waals surface area contributed by atoms with Crippen molar-refractivity contribution in [3.05, 3.63) is 0 Å². The van der Waals surface area contributed by atoms with E-state index in [0.29, 0.717) is 17.1 Å². The molecule has 2 atom stereocenters. The molecule has 1 saturated heterocycles. The molecule has 2 unspecified atom stereocenters. The van der Waals surface area contributed by atoms with Gasteiger partial charge in [0.15, 0.2) is 0 Å². The van der Waals surface area contributed by atoms with Crippen molar-refractivity contribution in [3.8, 4) is 0 Å². The number of piperazine rings is 1. The number of nitrogens with two attached hydrogens (primary N) is 1. The fourth-order valence-electron chi connectivity index (χ4n) is 2.59. The Morgan fingerprint density at radius 1 is 1.44 bits per heavy atom. The van der Waals surface area contributed by atoms with Gasteiger partial charge < -0.3 is 5.73 Å². The quantitative estimate of drug-likeness (QED) is 0.741. The number of hydrogen-bond acceptors (Lipinski definition) is 3. The minimum Gasteiger partial charge on any atom is -0.393 e. The summed E-state index contributed by atoms with van der Waals surface area (Å²) in [6.45, 7) is 11.4. The molecule has 2 N–H and O–H groups in total. The number of likely N-dealkylation sites (N-methyl/N-ethyl adjacent to an activating group) is 1. The molecular weight excluding hydrogens is 218 g/mol. The first kappa shape index (κ1) is 13.9. The van der Waals surface area contributed by atoms with Crippen molar-refractivity contribution in [1.29, 1.82) is 0 Å². The van der Waals surface area contributed by atoms with Crippen molar-refractivity contribution in [1.82, 2.24) is 9.80 Å². The van der Waals surface area contributed by atoms with Gasteiger partial charge in [0, 0.05) is 38.1 Å². The molecule has 3 nitrogen and oxygen atoms in total. The number of hydrogen-bond donors (Lipinski definition) is 1. The summed E-state index contributed by atoms with van der Waals surface area (Å²) < 4.78 is 0. The summed E-state index contributed by atoms with van der Waals surface area (Å²) in [5.41, 5.74) is 5.66. The summed E-state index contributed by atoms with van der Waals surface area (Å²) >= 11 is 5.02. The predicted molar refractivity (Wildman–Crippen MR) is 73.8 cm³/mol. The summed E-state index contributed by atoms with van der Waals surface area (Å²) in [7, 11) is 0. The van der Waals surface area contributed by atoms with Crippen LogP contribution < -0.4 is 5.73 Å². The third-order valence-electron chi connectivity index (χ3n) is 3.63. The number of rotatable bonds is 5. The Hall–Kier alpha value is -0.190. The monoisotopic (exact) mass is 243 g/mol. The normalized spacial score (nSPS) is 25.6. The first-order valence-electron chi connectivity index (χ1n) is 6.34. The lowest BCUT2D eigenvalue weighted by molar-refractivity contribution is 0.0594. The Balaban J connectivity index is 2.51. The Kier molecular flexibility index (Phi) is 5.66. The van der Waals surface area contributed by atoms with Crippen molar-refractivity contribution in [2.45, 2.75) is 45.7 Å². The van der Waals surface area contributed by atoms with E-state index in [1.165, 1.54) is 6.54 Å². The summed E-state index contributed by atoms with van der Waals surface area (Å²) in [4.78, 5) is 5.73. The average Bonchev–Trinajstić information content (AvgIpc) is 2.25. The first-order valence-corrected chi connectivity index (χ1v) is 6.75. The molecule has 4 heteroatoms. The zero-order valence-corrected chi connectivity index (χ0v) is 11.6. The number of thiocarbonyl (C=S) groups is 1. The van der Waals surface area contributed by atoms with Gasteiger partial charge in [0.05, 0.1) is 4.99 Å². The van der Waals surface area contributed by atoms with E-state index in [9.17, 15) is 0 Å². The fraction of sp³-hybridized carbons (Fsp3) is 0.917. The molecule has 1 fully saturated rings. The molecule has 0 aromatic rings. The van der Waals surface area contributed by atoms with Crippen LogP contribution in [0.5, 0.6) is 0 Å². The summed E-state index contributed by atoms with van der Waals surface area (Å²) in [5, 5.41) is 0. The van der Waals surface area contributed by atoms with Gasteiger partial charge in [-0.2, -0.15) is 0 Å². The van der Waals surface area contributed by atoms with Gasteiger partial charge in [-0.25, -0.2) is 0 Å².